The Kier molecular flexibility index (Phi) is 57.9. The van der Waals surface area contributed by atoms with Crippen LogP contribution in [0.1, 0.15) is 271 Å². The summed E-state index contributed by atoms with van der Waals surface area (Å²) in [5.41, 5.74) is 0. The molecule has 0 aliphatic heterocycles. The van der Waals surface area contributed by atoms with E-state index >= 15 is 0 Å². The molecule has 6 nitrogen and oxygen atoms in total. The van der Waals surface area contributed by atoms with Gasteiger partial charge in [0.1, 0.15) is 13.2 Å². The summed E-state index contributed by atoms with van der Waals surface area (Å²) in [7, 11) is 0. The minimum absolute atomic E-state index is 0.0971. The topological polar surface area (TPSA) is 78.9 Å². The molecule has 0 N–H and O–H groups in total. The average Bonchev–Trinajstić information content (AvgIpc) is 3.40. The molecule has 0 spiro atoms. The number of unbranched alkanes of at least 4 members (excludes halogenated alkanes) is 23. The van der Waals surface area contributed by atoms with Gasteiger partial charge in [0.2, 0.25) is 0 Å². The van der Waals surface area contributed by atoms with E-state index in [0.717, 1.165) is 167 Å². The maximum absolute atomic E-state index is 12.9. The molecule has 0 saturated heterocycles. The van der Waals surface area contributed by atoms with Crippen molar-refractivity contribution >= 4 is 17.9 Å². The molecule has 0 aromatic rings. The van der Waals surface area contributed by atoms with Crippen molar-refractivity contribution in [2.24, 2.45) is 0 Å². The van der Waals surface area contributed by atoms with Gasteiger partial charge in [0, 0.05) is 19.3 Å². The van der Waals surface area contributed by atoms with Gasteiger partial charge in [0.15, 0.2) is 6.10 Å². The molecule has 0 amide bonds. The molecule has 420 valence electrons. The summed E-state index contributed by atoms with van der Waals surface area (Å²) in [4.78, 5) is 38.2. The minimum Gasteiger partial charge on any atom is -0.462 e. The molecule has 6 heteroatoms. The van der Waals surface area contributed by atoms with E-state index in [1.165, 1.54) is 64.2 Å². The van der Waals surface area contributed by atoms with E-state index in [0.29, 0.717) is 19.3 Å². The van der Waals surface area contributed by atoms with E-state index in [1.807, 2.05) is 0 Å². The van der Waals surface area contributed by atoms with Crippen LogP contribution in [0.15, 0.2) is 122 Å². The number of esters is 3. The lowest BCUT2D eigenvalue weighted by Crippen LogP contribution is -2.30. The van der Waals surface area contributed by atoms with Gasteiger partial charge >= 0.3 is 17.9 Å². The SMILES string of the molecule is CC/C=C\C/C=C\C/C=C\C/C=C\C/C=C\C/C=C\C/C=C\CCCCCCCC(=O)OCC(COC(=O)CCCCCCC/C=C\C/C=C\CCC)OC(=O)CCCCCCC/C=C\CCCCCCCCC. The largest absolute Gasteiger partial charge is 0.462 e. The highest BCUT2D eigenvalue weighted by Gasteiger charge is 2.19. The first-order valence-corrected chi connectivity index (χ1v) is 30.5. The Morgan fingerprint density at radius 2 is 0.554 bits per heavy atom. The van der Waals surface area contributed by atoms with Gasteiger partial charge in [-0.05, 0) is 128 Å². The molecule has 0 aromatic carbocycles. The van der Waals surface area contributed by atoms with Crippen LogP contribution in [0.3, 0.4) is 0 Å². The third-order valence-corrected chi connectivity index (χ3v) is 12.7. The lowest BCUT2D eigenvalue weighted by molar-refractivity contribution is -0.167. The van der Waals surface area contributed by atoms with Crippen molar-refractivity contribution in [1.29, 1.82) is 0 Å². The molecule has 0 bridgehead atoms. The maximum Gasteiger partial charge on any atom is 0.306 e. The molecule has 0 rings (SSSR count). The van der Waals surface area contributed by atoms with Gasteiger partial charge < -0.3 is 14.2 Å². The smallest absolute Gasteiger partial charge is 0.306 e. The van der Waals surface area contributed by atoms with E-state index in [4.69, 9.17) is 14.2 Å². The molecule has 0 aliphatic carbocycles. The maximum atomic E-state index is 12.9. The molecule has 1 atom stereocenters. The molecule has 0 aliphatic rings. The molecule has 1 unspecified atom stereocenters. The van der Waals surface area contributed by atoms with Gasteiger partial charge in [0.25, 0.3) is 0 Å². The van der Waals surface area contributed by atoms with E-state index < -0.39 is 6.10 Å². The molecule has 0 heterocycles. The first-order chi connectivity index (χ1) is 36.5. The fourth-order valence-electron chi connectivity index (χ4n) is 8.10. The minimum atomic E-state index is -0.800. The van der Waals surface area contributed by atoms with Crippen LogP contribution in [-0.4, -0.2) is 37.2 Å². The summed E-state index contributed by atoms with van der Waals surface area (Å²) in [5, 5.41) is 0. The van der Waals surface area contributed by atoms with E-state index in [1.54, 1.807) is 0 Å². The first-order valence-electron chi connectivity index (χ1n) is 30.5. The normalized spacial score (nSPS) is 13.0. The van der Waals surface area contributed by atoms with Gasteiger partial charge in [-0.3, -0.25) is 14.4 Å². The third kappa shape index (κ3) is 58.7. The zero-order valence-electron chi connectivity index (χ0n) is 48.1. The van der Waals surface area contributed by atoms with Crippen LogP contribution in [0.4, 0.5) is 0 Å². The molecular formula is C68H112O6. The Hall–Kier alpha value is -4.19. The van der Waals surface area contributed by atoms with Crippen molar-refractivity contribution in [3.63, 3.8) is 0 Å². The summed E-state index contributed by atoms with van der Waals surface area (Å²) in [6, 6.07) is 0. The van der Waals surface area contributed by atoms with Gasteiger partial charge in [-0.2, -0.15) is 0 Å². The Morgan fingerprint density at radius 3 is 0.892 bits per heavy atom. The zero-order chi connectivity index (χ0) is 53.6. The summed E-state index contributed by atoms with van der Waals surface area (Å²) in [6.45, 7) is 6.43. The molecule has 0 saturated carbocycles. The van der Waals surface area contributed by atoms with Gasteiger partial charge in [0.05, 0.1) is 0 Å². The average molecular weight is 1030 g/mol. The van der Waals surface area contributed by atoms with E-state index in [9.17, 15) is 14.4 Å². The lowest BCUT2D eigenvalue weighted by Gasteiger charge is -2.18. The molecule has 0 fully saturated rings. The molecule has 0 radical (unpaired) electrons. The Morgan fingerprint density at radius 1 is 0.284 bits per heavy atom. The number of hydrogen-bond acceptors (Lipinski definition) is 6. The number of hydrogen-bond donors (Lipinski definition) is 0. The summed E-state index contributed by atoms with van der Waals surface area (Å²) in [5.74, 6) is -0.937. The van der Waals surface area contributed by atoms with Crippen molar-refractivity contribution in [3.05, 3.63) is 122 Å². The van der Waals surface area contributed by atoms with Crippen molar-refractivity contribution in [2.45, 2.75) is 277 Å². The highest BCUT2D eigenvalue weighted by molar-refractivity contribution is 5.71. The number of ether oxygens (including phenoxy) is 3. The monoisotopic (exact) mass is 1020 g/mol. The fraction of sp³-hybridized carbons (Fsp3) is 0.662. The van der Waals surface area contributed by atoms with Crippen LogP contribution in [0.5, 0.6) is 0 Å². The Balaban J connectivity index is 4.39. The van der Waals surface area contributed by atoms with Crippen molar-refractivity contribution in [1.82, 2.24) is 0 Å². The van der Waals surface area contributed by atoms with Crippen LogP contribution in [0, 0.1) is 0 Å². The molecular weight excluding hydrogens is 913 g/mol. The number of carbonyl (C=O) groups excluding carboxylic acids is 3. The first kappa shape index (κ1) is 69.8. The van der Waals surface area contributed by atoms with E-state index in [2.05, 4.69) is 142 Å². The van der Waals surface area contributed by atoms with Crippen LogP contribution in [0.25, 0.3) is 0 Å². The standard InChI is InChI=1S/C68H112O6/c1-4-7-10-13-16-19-22-25-27-29-30-31-32-33-34-35-36-37-38-39-41-43-46-49-52-55-58-61-67(70)73-64-65(63-72-66(69)60-57-54-51-48-45-42-24-21-18-15-12-9-6-3)74-68(71)62-59-56-53-50-47-44-40-28-26-23-20-17-14-11-8-5-2/h7,10,12,15-16,19,21,24-25,27-28,30-31,33-34,36-37,39-41,65H,4-6,8-9,11,13-14,17-18,20,22-23,26,29,32,35,38,42-64H2,1-3H3/b10-7-,15-12-,19-16-,24-21-,27-25-,31-30-,34-33-,37-36-,40-28-,41-39-. The Bertz CT molecular complexity index is 1550. The number of allylic oxidation sites excluding steroid dienone is 20. The van der Waals surface area contributed by atoms with Crippen LogP contribution in [0.2, 0.25) is 0 Å². The van der Waals surface area contributed by atoms with E-state index in [-0.39, 0.29) is 31.1 Å². The second-order valence-corrected chi connectivity index (χ2v) is 19.9. The van der Waals surface area contributed by atoms with Gasteiger partial charge in [-0.15, -0.1) is 0 Å². The highest BCUT2D eigenvalue weighted by atomic mass is 16.6. The Labute approximate surface area is 456 Å². The number of rotatable bonds is 54. The molecule has 0 aromatic heterocycles. The van der Waals surface area contributed by atoms with Gasteiger partial charge in [-0.25, -0.2) is 0 Å². The van der Waals surface area contributed by atoms with Crippen molar-refractivity contribution in [3.8, 4) is 0 Å². The predicted octanol–water partition coefficient (Wildman–Crippen LogP) is 20.8. The molecule has 74 heavy (non-hydrogen) atoms. The second kappa shape index (κ2) is 61.4. The number of carbonyl (C=O) groups is 3. The second-order valence-electron chi connectivity index (χ2n) is 19.9. The highest BCUT2D eigenvalue weighted by Crippen LogP contribution is 2.14. The predicted molar refractivity (Wildman–Crippen MR) is 320 cm³/mol. The zero-order valence-corrected chi connectivity index (χ0v) is 48.1. The lowest BCUT2D eigenvalue weighted by atomic mass is 10.1. The summed E-state index contributed by atoms with van der Waals surface area (Å²) >= 11 is 0. The van der Waals surface area contributed by atoms with Crippen molar-refractivity contribution < 1.29 is 28.6 Å². The summed E-state index contributed by atoms with van der Waals surface area (Å²) < 4.78 is 16.9. The van der Waals surface area contributed by atoms with Crippen LogP contribution in [-0.2, 0) is 28.6 Å². The quantitative estimate of drug-likeness (QED) is 0.0261. The third-order valence-electron chi connectivity index (χ3n) is 12.7. The van der Waals surface area contributed by atoms with Crippen LogP contribution >= 0.6 is 0 Å². The summed E-state index contributed by atoms with van der Waals surface area (Å²) in [6.07, 6.45) is 84.8. The fourth-order valence-corrected chi connectivity index (χ4v) is 8.10. The van der Waals surface area contributed by atoms with Gasteiger partial charge in [-0.1, -0.05) is 245 Å². The van der Waals surface area contributed by atoms with Crippen LogP contribution < -0.4 is 0 Å². The van der Waals surface area contributed by atoms with Crippen molar-refractivity contribution in [2.75, 3.05) is 13.2 Å².